The predicted octanol–water partition coefficient (Wildman–Crippen LogP) is 2.53. The lowest BCUT2D eigenvalue weighted by Gasteiger charge is -2.06. The molecule has 0 fully saturated rings. The largest absolute Gasteiger partial charge is 0.448 e. The van der Waals surface area contributed by atoms with Crippen molar-refractivity contribution in [3.8, 4) is 11.5 Å². The number of nitrogens with two attached hydrogens (primary N) is 1. The number of halogens is 1. The molecule has 0 atom stereocenters. The van der Waals surface area contributed by atoms with Crippen LogP contribution in [-0.2, 0) is 0 Å². The number of carbonyl (C=O) groups is 1. The first kappa shape index (κ1) is 13.8. The molecule has 1 amide bonds. The van der Waals surface area contributed by atoms with Crippen LogP contribution in [-0.4, -0.2) is 15.8 Å². The molecule has 0 aliphatic rings. The maximum Gasteiger partial charge on any atom is 0.312 e. The average molecular weight is 294 g/mol. The molecule has 0 unspecified atom stereocenters. The van der Waals surface area contributed by atoms with Gasteiger partial charge in [0.05, 0.1) is 16.1 Å². The summed E-state index contributed by atoms with van der Waals surface area (Å²) in [4.78, 5) is 25.1. The van der Waals surface area contributed by atoms with Crippen molar-refractivity contribution in [2.24, 2.45) is 5.73 Å². The van der Waals surface area contributed by atoms with Crippen molar-refractivity contribution >= 4 is 23.2 Å². The van der Waals surface area contributed by atoms with Gasteiger partial charge in [0.25, 0.3) is 0 Å². The van der Waals surface area contributed by atoms with Crippen LogP contribution in [0.3, 0.4) is 0 Å². The van der Waals surface area contributed by atoms with E-state index >= 15 is 0 Å². The highest BCUT2D eigenvalue weighted by molar-refractivity contribution is 6.30. The van der Waals surface area contributed by atoms with Gasteiger partial charge >= 0.3 is 5.69 Å². The Kier molecular flexibility index (Phi) is 3.81. The van der Waals surface area contributed by atoms with E-state index in [1.165, 1.54) is 30.6 Å². The molecule has 0 bridgehead atoms. The van der Waals surface area contributed by atoms with Gasteiger partial charge < -0.3 is 10.5 Å². The van der Waals surface area contributed by atoms with Crippen LogP contribution in [0.15, 0.2) is 36.7 Å². The summed E-state index contributed by atoms with van der Waals surface area (Å²) in [6.45, 7) is 0. The standard InChI is InChI=1S/C12H8ClN3O4/c13-8-4-9(6-15-5-8)20-11-2-1-7(12(14)17)3-10(11)16(18)19/h1-6H,(H2,14,17). The van der Waals surface area contributed by atoms with Crippen LogP contribution in [0.5, 0.6) is 11.5 Å². The molecule has 7 nitrogen and oxygen atoms in total. The third-order valence-corrected chi connectivity index (χ3v) is 2.55. The molecular weight excluding hydrogens is 286 g/mol. The summed E-state index contributed by atoms with van der Waals surface area (Å²) in [6.07, 6.45) is 2.76. The van der Waals surface area contributed by atoms with E-state index in [0.29, 0.717) is 5.02 Å². The van der Waals surface area contributed by atoms with Crippen LogP contribution in [0, 0.1) is 10.1 Å². The van der Waals surface area contributed by atoms with Gasteiger partial charge in [-0.1, -0.05) is 11.6 Å². The zero-order valence-corrected chi connectivity index (χ0v) is 10.7. The molecule has 0 spiro atoms. The molecule has 1 aromatic heterocycles. The van der Waals surface area contributed by atoms with Gasteiger partial charge in [-0.25, -0.2) is 0 Å². The van der Waals surface area contributed by atoms with Crippen LogP contribution >= 0.6 is 11.6 Å². The summed E-state index contributed by atoms with van der Waals surface area (Å²) >= 11 is 5.74. The molecule has 0 saturated carbocycles. The van der Waals surface area contributed by atoms with Crippen molar-refractivity contribution < 1.29 is 14.5 Å². The van der Waals surface area contributed by atoms with Gasteiger partial charge in [-0.05, 0) is 12.1 Å². The van der Waals surface area contributed by atoms with Crippen LogP contribution in [0.25, 0.3) is 0 Å². The van der Waals surface area contributed by atoms with Crippen molar-refractivity contribution in [1.29, 1.82) is 0 Å². The minimum Gasteiger partial charge on any atom is -0.448 e. The molecule has 2 rings (SSSR count). The van der Waals surface area contributed by atoms with Crippen LogP contribution in [0.1, 0.15) is 10.4 Å². The first-order valence-electron chi connectivity index (χ1n) is 5.34. The number of aromatic nitrogens is 1. The molecule has 1 heterocycles. The zero-order chi connectivity index (χ0) is 14.7. The van der Waals surface area contributed by atoms with Gasteiger partial charge in [-0.15, -0.1) is 0 Å². The van der Waals surface area contributed by atoms with Crippen molar-refractivity contribution in [2.45, 2.75) is 0 Å². The maximum absolute atomic E-state index is 11.0. The molecule has 0 aliphatic heterocycles. The van der Waals surface area contributed by atoms with Crippen molar-refractivity contribution in [3.63, 3.8) is 0 Å². The van der Waals surface area contributed by atoms with Gasteiger partial charge in [0.1, 0.15) is 5.75 Å². The van der Waals surface area contributed by atoms with E-state index in [1.807, 2.05) is 0 Å². The Hall–Kier alpha value is -2.67. The number of nitrogens with zero attached hydrogens (tertiary/aromatic N) is 2. The second kappa shape index (κ2) is 5.54. The fraction of sp³-hybridized carbons (Fsp3) is 0. The lowest BCUT2D eigenvalue weighted by atomic mass is 10.2. The highest BCUT2D eigenvalue weighted by Gasteiger charge is 2.18. The quantitative estimate of drug-likeness (QED) is 0.688. The van der Waals surface area contributed by atoms with E-state index in [0.717, 1.165) is 6.07 Å². The molecule has 2 N–H and O–H groups in total. The SMILES string of the molecule is NC(=O)c1ccc(Oc2cncc(Cl)c2)c([N+](=O)[O-])c1. The van der Waals surface area contributed by atoms with E-state index in [9.17, 15) is 14.9 Å². The zero-order valence-electron chi connectivity index (χ0n) is 9.95. The smallest absolute Gasteiger partial charge is 0.312 e. The van der Waals surface area contributed by atoms with Gasteiger partial charge in [0.2, 0.25) is 11.7 Å². The first-order valence-corrected chi connectivity index (χ1v) is 5.72. The minimum atomic E-state index is -0.760. The number of nitro groups is 1. The summed E-state index contributed by atoms with van der Waals surface area (Å²) in [5.41, 5.74) is 4.72. The lowest BCUT2D eigenvalue weighted by molar-refractivity contribution is -0.385. The number of nitro benzene ring substituents is 1. The Balaban J connectivity index is 2.41. The second-order valence-corrected chi connectivity index (χ2v) is 4.18. The molecule has 0 radical (unpaired) electrons. The Morgan fingerprint density at radius 3 is 2.70 bits per heavy atom. The summed E-state index contributed by atoms with van der Waals surface area (Å²) in [5.74, 6) is -0.555. The third kappa shape index (κ3) is 3.01. The van der Waals surface area contributed by atoms with E-state index in [-0.39, 0.29) is 22.7 Å². The van der Waals surface area contributed by atoms with Crippen molar-refractivity contribution in [1.82, 2.24) is 4.98 Å². The van der Waals surface area contributed by atoms with Crippen LogP contribution in [0.4, 0.5) is 5.69 Å². The molecule has 0 aliphatic carbocycles. The van der Waals surface area contributed by atoms with Crippen molar-refractivity contribution in [2.75, 3.05) is 0 Å². The van der Waals surface area contributed by atoms with E-state index in [4.69, 9.17) is 22.1 Å². The number of ether oxygens (including phenoxy) is 1. The highest BCUT2D eigenvalue weighted by atomic mass is 35.5. The fourth-order valence-electron chi connectivity index (χ4n) is 1.47. The third-order valence-electron chi connectivity index (χ3n) is 2.35. The average Bonchev–Trinajstić information content (AvgIpc) is 2.38. The number of carbonyl (C=O) groups excluding carboxylic acids is 1. The Labute approximate surface area is 118 Å². The van der Waals surface area contributed by atoms with E-state index in [1.54, 1.807) is 0 Å². The molecule has 102 valence electrons. The van der Waals surface area contributed by atoms with Gasteiger partial charge in [-0.2, -0.15) is 0 Å². The van der Waals surface area contributed by atoms with E-state index in [2.05, 4.69) is 4.98 Å². The maximum atomic E-state index is 11.0. The number of hydrogen-bond acceptors (Lipinski definition) is 5. The number of primary amides is 1. The Morgan fingerprint density at radius 2 is 2.10 bits per heavy atom. The number of pyridine rings is 1. The Bertz CT molecular complexity index is 690. The predicted molar refractivity (Wildman–Crippen MR) is 70.9 cm³/mol. The summed E-state index contributed by atoms with van der Waals surface area (Å²) < 4.78 is 5.35. The summed E-state index contributed by atoms with van der Waals surface area (Å²) in [5, 5.41) is 11.3. The molecule has 8 heteroatoms. The second-order valence-electron chi connectivity index (χ2n) is 3.74. The summed E-state index contributed by atoms with van der Waals surface area (Å²) in [7, 11) is 0. The molecule has 2 aromatic rings. The topological polar surface area (TPSA) is 108 Å². The number of benzene rings is 1. The monoisotopic (exact) mass is 293 g/mol. The number of amides is 1. The van der Waals surface area contributed by atoms with E-state index < -0.39 is 10.8 Å². The number of rotatable bonds is 4. The lowest BCUT2D eigenvalue weighted by Crippen LogP contribution is -2.11. The van der Waals surface area contributed by atoms with Gasteiger partial charge in [0, 0.05) is 23.9 Å². The van der Waals surface area contributed by atoms with Crippen LogP contribution < -0.4 is 10.5 Å². The minimum absolute atomic E-state index is 0.0215. The fourth-order valence-corrected chi connectivity index (χ4v) is 1.64. The molecule has 20 heavy (non-hydrogen) atoms. The van der Waals surface area contributed by atoms with Gasteiger partial charge in [-0.3, -0.25) is 19.9 Å². The Morgan fingerprint density at radius 1 is 1.35 bits per heavy atom. The number of hydrogen-bond donors (Lipinski definition) is 1. The molecule has 1 aromatic carbocycles. The van der Waals surface area contributed by atoms with Gasteiger partial charge in [0.15, 0.2) is 0 Å². The molecule has 0 saturated heterocycles. The first-order chi connectivity index (χ1) is 9.47. The van der Waals surface area contributed by atoms with Crippen molar-refractivity contribution in [3.05, 3.63) is 57.4 Å². The molecular formula is C12H8ClN3O4. The normalized spacial score (nSPS) is 10.1. The highest BCUT2D eigenvalue weighted by Crippen LogP contribution is 2.32. The van der Waals surface area contributed by atoms with Crippen LogP contribution in [0.2, 0.25) is 5.02 Å². The summed E-state index contributed by atoms with van der Waals surface area (Å²) in [6, 6.07) is 5.14.